The monoisotopic (exact) mass is 291 g/mol. The topological polar surface area (TPSA) is 87.3 Å². The highest BCUT2D eigenvalue weighted by molar-refractivity contribution is 7.89. The number of sulfonamides is 1. The molecule has 1 fully saturated rings. The SMILES string of the molecule is CCS(=O)(=O)NCCCNC(=O)CCC1CCNC1. The molecule has 0 aromatic heterocycles. The van der Waals surface area contributed by atoms with Crippen LogP contribution in [0.2, 0.25) is 0 Å². The van der Waals surface area contributed by atoms with Crippen LogP contribution in [0.1, 0.15) is 32.6 Å². The average Bonchev–Trinajstić information content (AvgIpc) is 2.89. The fraction of sp³-hybridized carbons (Fsp3) is 0.917. The maximum absolute atomic E-state index is 11.5. The number of carbonyl (C=O) groups is 1. The molecule has 1 heterocycles. The third-order valence-corrected chi connectivity index (χ3v) is 4.72. The van der Waals surface area contributed by atoms with E-state index >= 15 is 0 Å². The molecule has 19 heavy (non-hydrogen) atoms. The van der Waals surface area contributed by atoms with Gasteiger partial charge >= 0.3 is 0 Å². The Labute approximate surface area is 115 Å². The summed E-state index contributed by atoms with van der Waals surface area (Å²) in [6, 6.07) is 0. The van der Waals surface area contributed by atoms with Gasteiger partial charge in [0, 0.05) is 19.5 Å². The molecule has 1 saturated heterocycles. The molecule has 7 heteroatoms. The molecule has 0 bridgehead atoms. The zero-order chi connectivity index (χ0) is 14.1. The Bertz CT molecular complexity index is 364. The quantitative estimate of drug-likeness (QED) is 0.514. The molecule has 0 aromatic carbocycles. The van der Waals surface area contributed by atoms with Gasteiger partial charge in [-0.2, -0.15) is 0 Å². The van der Waals surface area contributed by atoms with Gasteiger partial charge in [0.2, 0.25) is 15.9 Å². The van der Waals surface area contributed by atoms with Crippen molar-refractivity contribution in [1.82, 2.24) is 15.4 Å². The Morgan fingerprint density at radius 2 is 2.16 bits per heavy atom. The maximum atomic E-state index is 11.5. The van der Waals surface area contributed by atoms with Gasteiger partial charge in [-0.15, -0.1) is 0 Å². The Hall–Kier alpha value is -0.660. The lowest BCUT2D eigenvalue weighted by atomic mass is 10.0. The van der Waals surface area contributed by atoms with E-state index in [9.17, 15) is 13.2 Å². The van der Waals surface area contributed by atoms with Crippen molar-refractivity contribution < 1.29 is 13.2 Å². The second kappa shape index (κ2) is 8.50. The van der Waals surface area contributed by atoms with Crippen molar-refractivity contribution in [3.8, 4) is 0 Å². The van der Waals surface area contributed by atoms with Crippen LogP contribution in [0.3, 0.4) is 0 Å². The van der Waals surface area contributed by atoms with Gasteiger partial charge in [-0.05, 0) is 45.2 Å². The standard InChI is InChI=1S/C12H25N3O3S/c1-2-19(17,18)15-8-3-7-14-12(16)5-4-11-6-9-13-10-11/h11,13,15H,2-10H2,1H3,(H,14,16). The van der Waals surface area contributed by atoms with Crippen LogP contribution in [0.15, 0.2) is 0 Å². The van der Waals surface area contributed by atoms with E-state index in [-0.39, 0.29) is 11.7 Å². The Kier molecular flexibility index (Phi) is 7.33. The van der Waals surface area contributed by atoms with Crippen molar-refractivity contribution >= 4 is 15.9 Å². The molecule has 1 unspecified atom stereocenters. The number of rotatable bonds is 9. The van der Waals surface area contributed by atoms with Crippen LogP contribution in [0.5, 0.6) is 0 Å². The van der Waals surface area contributed by atoms with Crippen molar-refractivity contribution in [2.75, 3.05) is 31.9 Å². The van der Waals surface area contributed by atoms with Crippen molar-refractivity contribution in [3.63, 3.8) is 0 Å². The number of hydrogen-bond acceptors (Lipinski definition) is 4. The highest BCUT2D eigenvalue weighted by Crippen LogP contribution is 2.13. The summed E-state index contributed by atoms with van der Waals surface area (Å²) in [6.07, 6.45) is 3.27. The molecular formula is C12H25N3O3S. The summed E-state index contributed by atoms with van der Waals surface area (Å²) < 4.78 is 24.8. The van der Waals surface area contributed by atoms with E-state index in [2.05, 4.69) is 15.4 Å². The van der Waals surface area contributed by atoms with Crippen molar-refractivity contribution in [3.05, 3.63) is 0 Å². The fourth-order valence-corrected chi connectivity index (χ4v) is 2.69. The molecule has 1 aliphatic heterocycles. The van der Waals surface area contributed by atoms with E-state index in [0.717, 1.165) is 25.9 Å². The molecule has 1 aliphatic rings. The molecule has 1 atom stereocenters. The molecule has 3 N–H and O–H groups in total. The van der Waals surface area contributed by atoms with E-state index < -0.39 is 10.0 Å². The molecule has 1 rings (SSSR count). The Morgan fingerprint density at radius 3 is 2.79 bits per heavy atom. The fourth-order valence-electron chi connectivity index (χ4n) is 2.03. The lowest BCUT2D eigenvalue weighted by molar-refractivity contribution is -0.121. The van der Waals surface area contributed by atoms with Crippen LogP contribution in [0.4, 0.5) is 0 Å². The normalized spacial score (nSPS) is 19.5. The third kappa shape index (κ3) is 7.49. The van der Waals surface area contributed by atoms with Gasteiger partial charge < -0.3 is 10.6 Å². The molecule has 1 amide bonds. The summed E-state index contributed by atoms with van der Waals surface area (Å²) in [5, 5.41) is 6.10. The van der Waals surface area contributed by atoms with Gasteiger partial charge in [-0.3, -0.25) is 4.79 Å². The highest BCUT2D eigenvalue weighted by Gasteiger charge is 2.15. The van der Waals surface area contributed by atoms with Crippen molar-refractivity contribution in [1.29, 1.82) is 0 Å². The molecule has 0 spiro atoms. The largest absolute Gasteiger partial charge is 0.356 e. The van der Waals surface area contributed by atoms with E-state index in [1.54, 1.807) is 6.92 Å². The summed E-state index contributed by atoms with van der Waals surface area (Å²) in [7, 11) is -3.11. The first-order valence-corrected chi connectivity index (χ1v) is 8.63. The maximum Gasteiger partial charge on any atom is 0.220 e. The molecule has 0 saturated carbocycles. The van der Waals surface area contributed by atoms with E-state index in [1.807, 2.05) is 0 Å². The number of amides is 1. The van der Waals surface area contributed by atoms with E-state index in [4.69, 9.17) is 0 Å². The van der Waals surface area contributed by atoms with Gasteiger partial charge in [-0.1, -0.05) is 0 Å². The first-order valence-electron chi connectivity index (χ1n) is 6.98. The number of carbonyl (C=O) groups excluding carboxylic acids is 1. The predicted octanol–water partition coefficient (Wildman–Crippen LogP) is -0.178. The van der Waals surface area contributed by atoms with Gasteiger partial charge in [0.1, 0.15) is 0 Å². The summed E-state index contributed by atoms with van der Waals surface area (Å²) in [5.74, 6) is 0.779. The van der Waals surface area contributed by atoms with Gasteiger partial charge in [0.25, 0.3) is 0 Å². The van der Waals surface area contributed by atoms with Crippen LogP contribution in [-0.4, -0.2) is 46.3 Å². The summed E-state index contributed by atoms with van der Waals surface area (Å²) in [4.78, 5) is 11.5. The minimum absolute atomic E-state index is 0.0604. The Morgan fingerprint density at radius 1 is 1.37 bits per heavy atom. The first kappa shape index (κ1) is 16.4. The molecular weight excluding hydrogens is 266 g/mol. The zero-order valence-corrected chi connectivity index (χ0v) is 12.4. The van der Waals surface area contributed by atoms with Gasteiger partial charge in [0.15, 0.2) is 0 Å². The van der Waals surface area contributed by atoms with E-state index in [0.29, 0.717) is 31.8 Å². The van der Waals surface area contributed by atoms with Crippen LogP contribution in [-0.2, 0) is 14.8 Å². The number of hydrogen-bond donors (Lipinski definition) is 3. The van der Waals surface area contributed by atoms with Gasteiger partial charge in [0.05, 0.1) is 5.75 Å². The Balaban J connectivity index is 1.98. The average molecular weight is 291 g/mol. The first-order chi connectivity index (χ1) is 9.03. The van der Waals surface area contributed by atoms with Crippen LogP contribution < -0.4 is 15.4 Å². The lowest BCUT2D eigenvalue weighted by Gasteiger charge is -2.09. The summed E-state index contributed by atoms with van der Waals surface area (Å²) in [6.45, 7) is 4.58. The lowest BCUT2D eigenvalue weighted by Crippen LogP contribution is -2.30. The minimum atomic E-state index is -3.11. The summed E-state index contributed by atoms with van der Waals surface area (Å²) in [5.41, 5.74) is 0. The minimum Gasteiger partial charge on any atom is -0.356 e. The van der Waals surface area contributed by atoms with Crippen LogP contribution in [0, 0.1) is 5.92 Å². The zero-order valence-electron chi connectivity index (χ0n) is 11.6. The molecule has 0 aromatic rings. The summed E-state index contributed by atoms with van der Waals surface area (Å²) >= 11 is 0. The molecule has 6 nitrogen and oxygen atoms in total. The van der Waals surface area contributed by atoms with Crippen LogP contribution in [0.25, 0.3) is 0 Å². The second-order valence-electron chi connectivity index (χ2n) is 4.90. The molecule has 0 aliphatic carbocycles. The smallest absolute Gasteiger partial charge is 0.220 e. The third-order valence-electron chi connectivity index (χ3n) is 3.32. The van der Waals surface area contributed by atoms with Crippen molar-refractivity contribution in [2.24, 2.45) is 5.92 Å². The predicted molar refractivity (Wildman–Crippen MR) is 75.3 cm³/mol. The molecule has 0 radical (unpaired) electrons. The second-order valence-corrected chi connectivity index (χ2v) is 6.99. The van der Waals surface area contributed by atoms with E-state index in [1.165, 1.54) is 0 Å². The molecule has 112 valence electrons. The van der Waals surface area contributed by atoms with Crippen molar-refractivity contribution in [2.45, 2.75) is 32.6 Å². The number of nitrogens with one attached hydrogen (secondary N) is 3. The highest BCUT2D eigenvalue weighted by atomic mass is 32.2. The van der Waals surface area contributed by atoms with Crippen LogP contribution >= 0.6 is 0 Å². The van der Waals surface area contributed by atoms with Gasteiger partial charge in [-0.25, -0.2) is 13.1 Å².